The van der Waals surface area contributed by atoms with E-state index in [0.29, 0.717) is 6.04 Å². The van der Waals surface area contributed by atoms with Crippen LogP contribution in [-0.2, 0) is 6.42 Å². The number of imidazole rings is 1. The number of aromatic amines is 1. The van der Waals surface area contributed by atoms with Gasteiger partial charge in [-0.2, -0.15) is 0 Å². The summed E-state index contributed by atoms with van der Waals surface area (Å²) in [5, 5.41) is 0. The van der Waals surface area contributed by atoms with Crippen molar-refractivity contribution in [2.45, 2.75) is 32.2 Å². The summed E-state index contributed by atoms with van der Waals surface area (Å²) in [6.45, 7) is 4.57. The van der Waals surface area contributed by atoms with Crippen molar-refractivity contribution in [3.05, 3.63) is 54.1 Å². The van der Waals surface area contributed by atoms with E-state index in [1.807, 2.05) is 0 Å². The molecule has 1 N–H and O–H groups in total. The first kappa shape index (κ1) is 15.3. The van der Waals surface area contributed by atoms with Crippen molar-refractivity contribution in [1.29, 1.82) is 0 Å². The van der Waals surface area contributed by atoms with Crippen LogP contribution in [0.4, 0.5) is 4.39 Å². The van der Waals surface area contributed by atoms with Gasteiger partial charge in [-0.15, -0.1) is 0 Å². The maximum absolute atomic E-state index is 13.1. The number of H-pyrrole nitrogens is 1. The highest BCUT2D eigenvalue weighted by Gasteiger charge is 2.19. The van der Waals surface area contributed by atoms with Crippen LogP contribution >= 0.6 is 0 Å². The number of hydrogen-bond donors (Lipinski definition) is 1. The van der Waals surface area contributed by atoms with Gasteiger partial charge < -0.3 is 9.88 Å². The molecule has 1 aliphatic heterocycles. The highest BCUT2D eigenvalue weighted by Crippen LogP contribution is 2.24. The van der Waals surface area contributed by atoms with Crippen LogP contribution in [0.2, 0.25) is 0 Å². The Morgan fingerprint density at radius 3 is 2.71 bits per heavy atom. The zero-order valence-corrected chi connectivity index (χ0v) is 13.9. The Hall–Kier alpha value is -2.20. The van der Waals surface area contributed by atoms with Crippen LogP contribution in [0.5, 0.6) is 0 Å². The van der Waals surface area contributed by atoms with Crippen LogP contribution in [-0.4, -0.2) is 34.0 Å². The molecule has 4 heteroatoms. The number of fused-ring (bicyclic) bond motifs is 1. The average Bonchev–Trinajstić information content (AvgIpc) is 3.18. The van der Waals surface area contributed by atoms with Gasteiger partial charge in [-0.1, -0.05) is 18.2 Å². The first-order valence-electron chi connectivity index (χ1n) is 8.68. The molecule has 24 heavy (non-hydrogen) atoms. The number of aromatic nitrogens is 2. The summed E-state index contributed by atoms with van der Waals surface area (Å²) in [5.74, 6) is 0.832. The van der Waals surface area contributed by atoms with Crippen LogP contribution in [0.15, 0.2) is 42.5 Å². The topological polar surface area (TPSA) is 31.9 Å². The van der Waals surface area contributed by atoms with Crippen molar-refractivity contribution >= 4 is 11.0 Å². The van der Waals surface area contributed by atoms with Gasteiger partial charge in [-0.25, -0.2) is 9.37 Å². The lowest BCUT2D eigenvalue weighted by Gasteiger charge is -2.19. The molecule has 1 saturated heterocycles. The van der Waals surface area contributed by atoms with Gasteiger partial charge in [0.2, 0.25) is 0 Å². The van der Waals surface area contributed by atoms with Crippen LogP contribution in [0.25, 0.3) is 22.2 Å². The van der Waals surface area contributed by atoms with Gasteiger partial charge in [0.15, 0.2) is 0 Å². The number of nitrogens with one attached hydrogen (secondary N) is 1. The summed E-state index contributed by atoms with van der Waals surface area (Å²) in [7, 11) is 0. The molecule has 0 radical (unpaired) electrons. The van der Waals surface area contributed by atoms with E-state index in [2.05, 4.69) is 35.0 Å². The number of rotatable bonds is 4. The second kappa shape index (κ2) is 6.36. The fourth-order valence-electron chi connectivity index (χ4n) is 3.57. The average molecular weight is 323 g/mol. The summed E-state index contributed by atoms with van der Waals surface area (Å²) in [6.07, 6.45) is 3.56. The Labute approximate surface area is 141 Å². The molecule has 0 saturated carbocycles. The molecule has 0 spiro atoms. The van der Waals surface area contributed by atoms with Crippen molar-refractivity contribution in [3.8, 4) is 11.1 Å². The van der Waals surface area contributed by atoms with E-state index in [1.165, 1.54) is 31.5 Å². The predicted molar refractivity (Wildman–Crippen MR) is 95.5 cm³/mol. The number of nitrogens with zero attached hydrogens (tertiary/aromatic N) is 2. The van der Waals surface area contributed by atoms with Crippen LogP contribution in [0, 0.1) is 5.82 Å². The van der Waals surface area contributed by atoms with Crippen LogP contribution in [0.1, 0.15) is 25.6 Å². The molecule has 0 amide bonds. The molecule has 124 valence electrons. The minimum atomic E-state index is -0.210. The van der Waals surface area contributed by atoms with E-state index >= 15 is 0 Å². The summed E-state index contributed by atoms with van der Waals surface area (Å²) in [4.78, 5) is 10.7. The molecule has 2 aromatic carbocycles. The van der Waals surface area contributed by atoms with Gasteiger partial charge in [0.05, 0.1) is 11.0 Å². The predicted octanol–water partition coefficient (Wildman–Crippen LogP) is 4.40. The van der Waals surface area contributed by atoms with Crippen molar-refractivity contribution in [1.82, 2.24) is 14.9 Å². The number of benzene rings is 2. The molecule has 0 aliphatic carbocycles. The third-order valence-corrected chi connectivity index (χ3v) is 5.04. The van der Waals surface area contributed by atoms with Crippen LogP contribution < -0.4 is 0 Å². The SMILES string of the molecule is C[C@@H]1CCCN1CCc1nc2cc(-c3ccc(F)cc3)ccc2[nH]1. The lowest BCUT2D eigenvalue weighted by atomic mass is 10.1. The quantitative estimate of drug-likeness (QED) is 0.772. The normalized spacial score (nSPS) is 18.5. The Kier molecular flexibility index (Phi) is 4.07. The van der Waals surface area contributed by atoms with E-state index < -0.39 is 0 Å². The Morgan fingerprint density at radius 1 is 1.17 bits per heavy atom. The fraction of sp³-hybridized carbons (Fsp3) is 0.350. The molecule has 0 bridgehead atoms. The molecular weight excluding hydrogens is 301 g/mol. The zero-order valence-electron chi connectivity index (χ0n) is 13.9. The smallest absolute Gasteiger partial charge is 0.123 e. The number of halogens is 1. The lowest BCUT2D eigenvalue weighted by Crippen LogP contribution is -2.29. The molecule has 1 aliphatic rings. The van der Waals surface area contributed by atoms with Gasteiger partial charge >= 0.3 is 0 Å². The van der Waals surface area contributed by atoms with Gasteiger partial charge in [0.1, 0.15) is 11.6 Å². The Morgan fingerprint density at radius 2 is 1.96 bits per heavy atom. The van der Waals surface area contributed by atoms with Crippen molar-refractivity contribution in [2.24, 2.45) is 0 Å². The maximum Gasteiger partial charge on any atom is 0.123 e. The third kappa shape index (κ3) is 3.06. The van der Waals surface area contributed by atoms with Crippen molar-refractivity contribution in [3.63, 3.8) is 0 Å². The van der Waals surface area contributed by atoms with E-state index in [-0.39, 0.29) is 5.82 Å². The van der Waals surface area contributed by atoms with Gasteiger partial charge in [-0.05, 0) is 61.7 Å². The van der Waals surface area contributed by atoms with Crippen molar-refractivity contribution < 1.29 is 4.39 Å². The molecule has 2 heterocycles. The van der Waals surface area contributed by atoms with Gasteiger partial charge in [-0.3, -0.25) is 0 Å². The number of likely N-dealkylation sites (tertiary alicyclic amines) is 1. The zero-order chi connectivity index (χ0) is 16.5. The molecule has 3 nitrogen and oxygen atoms in total. The molecule has 4 rings (SSSR count). The third-order valence-electron chi connectivity index (χ3n) is 5.04. The number of hydrogen-bond acceptors (Lipinski definition) is 2. The maximum atomic E-state index is 13.1. The molecule has 1 fully saturated rings. The molecule has 1 atom stereocenters. The van der Waals surface area contributed by atoms with Gasteiger partial charge in [0.25, 0.3) is 0 Å². The molecule has 1 aromatic heterocycles. The largest absolute Gasteiger partial charge is 0.342 e. The van der Waals surface area contributed by atoms with Crippen molar-refractivity contribution in [2.75, 3.05) is 13.1 Å². The summed E-state index contributed by atoms with van der Waals surface area (Å²) in [6, 6.07) is 13.5. The second-order valence-corrected chi connectivity index (χ2v) is 6.70. The first-order valence-corrected chi connectivity index (χ1v) is 8.68. The van der Waals surface area contributed by atoms with E-state index in [0.717, 1.165) is 41.0 Å². The van der Waals surface area contributed by atoms with Gasteiger partial charge in [0, 0.05) is 19.0 Å². The molecule has 0 unspecified atom stereocenters. The molecular formula is C20H22FN3. The second-order valence-electron chi connectivity index (χ2n) is 6.70. The summed E-state index contributed by atoms with van der Waals surface area (Å²) < 4.78 is 13.1. The Balaban J connectivity index is 1.53. The highest BCUT2D eigenvalue weighted by atomic mass is 19.1. The summed E-state index contributed by atoms with van der Waals surface area (Å²) >= 11 is 0. The minimum absolute atomic E-state index is 0.210. The van der Waals surface area contributed by atoms with E-state index in [1.54, 1.807) is 12.1 Å². The van der Waals surface area contributed by atoms with E-state index in [4.69, 9.17) is 4.98 Å². The standard InChI is InChI=1S/C20H22FN3/c1-14-3-2-11-24(14)12-10-20-22-18-9-6-16(13-19(18)23-20)15-4-7-17(21)8-5-15/h4-9,13-14H,2-3,10-12H2,1H3,(H,22,23)/t14-/m1/s1. The molecule has 3 aromatic rings. The van der Waals surface area contributed by atoms with Crippen LogP contribution in [0.3, 0.4) is 0 Å². The highest BCUT2D eigenvalue weighted by molar-refractivity contribution is 5.82. The fourth-order valence-corrected chi connectivity index (χ4v) is 3.57. The van der Waals surface area contributed by atoms with E-state index in [9.17, 15) is 4.39 Å². The monoisotopic (exact) mass is 323 g/mol. The Bertz CT molecular complexity index is 838. The summed E-state index contributed by atoms with van der Waals surface area (Å²) in [5.41, 5.74) is 4.11. The first-order chi connectivity index (χ1) is 11.7. The lowest BCUT2D eigenvalue weighted by molar-refractivity contribution is 0.271. The minimum Gasteiger partial charge on any atom is -0.342 e.